The van der Waals surface area contributed by atoms with Crippen LogP contribution in [0.5, 0.6) is 5.75 Å². The molecule has 0 atom stereocenters. The van der Waals surface area contributed by atoms with Crippen molar-refractivity contribution in [3.63, 3.8) is 0 Å². The van der Waals surface area contributed by atoms with Gasteiger partial charge in [0.25, 0.3) is 0 Å². The third kappa shape index (κ3) is 1.91. The van der Waals surface area contributed by atoms with Crippen LogP contribution in [-0.4, -0.2) is 11.7 Å². The fraction of sp³-hybridized carbons (Fsp3) is 0.0833. The lowest BCUT2D eigenvalue weighted by Gasteiger charge is -2.07. The van der Waals surface area contributed by atoms with Crippen molar-refractivity contribution in [2.75, 3.05) is 7.11 Å². The van der Waals surface area contributed by atoms with Crippen molar-refractivity contribution in [3.8, 4) is 11.4 Å². The molecule has 1 aromatic heterocycles. The van der Waals surface area contributed by atoms with Crippen molar-refractivity contribution >= 4 is 0 Å². The number of rotatable bonds is 2. The molecule has 0 saturated carbocycles. The largest absolute Gasteiger partial charge is 0.491 e. The third-order valence-corrected chi connectivity index (χ3v) is 2.16. The molecule has 3 heteroatoms. The summed E-state index contributed by atoms with van der Waals surface area (Å²) in [4.78, 5) is 11.3. The molecule has 3 nitrogen and oxygen atoms in total. The van der Waals surface area contributed by atoms with E-state index in [0.717, 1.165) is 5.69 Å². The van der Waals surface area contributed by atoms with E-state index in [2.05, 4.69) is 0 Å². The van der Waals surface area contributed by atoms with E-state index in [1.807, 2.05) is 34.9 Å². The van der Waals surface area contributed by atoms with E-state index in [1.54, 1.807) is 12.4 Å². The summed E-state index contributed by atoms with van der Waals surface area (Å²) < 4.78 is 6.82. The van der Waals surface area contributed by atoms with Gasteiger partial charge in [-0.15, -0.1) is 0 Å². The second kappa shape index (κ2) is 4.00. The summed E-state index contributed by atoms with van der Waals surface area (Å²) in [6, 6.07) is 11.3. The average Bonchev–Trinajstić information content (AvgIpc) is 2.31. The molecular formula is C12H11NO2. The summed E-state index contributed by atoms with van der Waals surface area (Å²) >= 11 is 0. The standard InChI is InChI=1S/C12H11NO2/c1-15-12-9-13(8-7-11(12)14)10-5-3-2-4-6-10/h2-9H,1H3. The minimum absolute atomic E-state index is 0.107. The summed E-state index contributed by atoms with van der Waals surface area (Å²) in [7, 11) is 1.49. The lowest BCUT2D eigenvalue weighted by atomic mass is 10.3. The van der Waals surface area contributed by atoms with Crippen molar-refractivity contribution in [1.29, 1.82) is 0 Å². The topological polar surface area (TPSA) is 31.2 Å². The summed E-state index contributed by atoms with van der Waals surface area (Å²) in [6.45, 7) is 0. The molecule has 1 heterocycles. The Bertz CT molecular complexity index is 503. The van der Waals surface area contributed by atoms with Crippen molar-refractivity contribution in [3.05, 3.63) is 59.0 Å². The third-order valence-electron chi connectivity index (χ3n) is 2.16. The van der Waals surface area contributed by atoms with E-state index in [-0.39, 0.29) is 5.43 Å². The second-order valence-corrected chi connectivity index (χ2v) is 3.12. The van der Waals surface area contributed by atoms with Crippen molar-refractivity contribution < 1.29 is 4.74 Å². The molecule has 2 rings (SSSR count). The summed E-state index contributed by atoms with van der Waals surface area (Å²) in [5.41, 5.74) is 0.889. The van der Waals surface area contributed by atoms with Crippen LogP contribution in [0, 0.1) is 0 Å². The lowest BCUT2D eigenvalue weighted by Crippen LogP contribution is -2.07. The first kappa shape index (κ1) is 9.52. The van der Waals surface area contributed by atoms with Gasteiger partial charge in [0.15, 0.2) is 5.75 Å². The van der Waals surface area contributed by atoms with Crippen LogP contribution in [0.15, 0.2) is 53.6 Å². The first-order valence-electron chi connectivity index (χ1n) is 4.63. The number of nitrogens with zero attached hydrogens (tertiary/aromatic N) is 1. The zero-order valence-corrected chi connectivity index (χ0v) is 8.38. The minimum Gasteiger partial charge on any atom is -0.491 e. The SMILES string of the molecule is COc1cn(-c2ccccc2)ccc1=O. The van der Waals surface area contributed by atoms with E-state index in [0.29, 0.717) is 5.75 Å². The van der Waals surface area contributed by atoms with E-state index < -0.39 is 0 Å². The van der Waals surface area contributed by atoms with Crippen LogP contribution >= 0.6 is 0 Å². The Balaban J connectivity index is 2.51. The zero-order valence-electron chi connectivity index (χ0n) is 8.38. The van der Waals surface area contributed by atoms with Crippen LogP contribution in [0.1, 0.15) is 0 Å². The van der Waals surface area contributed by atoms with Crippen molar-refractivity contribution in [2.24, 2.45) is 0 Å². The number of hydrogen-bond acceptors (Lipinski definition) is 2. The molecule has 0 amide bonds. The Labute approximate surface area is 87.6 Å². The zero-order chi connectivity index (χ0) is 10.7. The van der Waals surface area contributed by atoms with Gasteiger partial charge >= 0.3 is 0 Å². The van der Waals surface area contributed by atoms with Gasteiger partial charge in [0.05, 0.1) is 13.3 Å². The Morgan fingerprint density at radius 3 is 2.53 bits per heavy atom. The van der Waals surface area contributed by atoms with Crippen LogP contribution in [0.25, 0.3) is 5.69 Å². The molecule has 0 radical (unpaired) electrons. The molecule has 0 saturated heterocycles. The number of methoxy groups -OCH3 is 1. The van der Waals surface area contributed by atoms with E-state index >= 15 is 0 Å². The molecule has 0 aliphatic carbocycles. The monoisotopic (exact) mass is 201 g/mol. The molecule has 0 N–H and O–H groups in total. The predicted octanol–water partition coefficient (Wildman–Crippen LogP) is 1.85. The summed E-state index contributed by atoms with van der Waals surface area (Å²) in [5.74, 6) is 0.348. The first-order valence-corrected chi connectivity index (χ1v) is 4.63. The molecule has 0 aliphatic rings. The fourth-order valence-corrected chi connectivity index (χ4v) is 1.38. The molecule has 0 fully saturated rings. The average molecular weight is 201 g/mol. The first-order chi connectivity index (χ1) is 7.31. The fourth-order valence-electron chi connectivity index (χ4n) is 1.38. The summed E-state index contributed by atoms with van der Waals surface area (Å²) in [5, 5.41) is 0. The number of ether oxygens (including phenoxy) is 1. The molecule has 1 aromatic carbocycles. The lowest BCUT2D eigenvalue weighted by molar-refractivity contribution is 0.407. The van der Waals surface area contributed by atoms with Gasteiger partial charge in [0.1, 0.15) is 0 Å². The number of aromatic nitrogens is 1. The smallest absolute Gasteiger partial charge is 0.223 e. The molecule has 15 heavy (non-hydrogen) atoms. The Morgan fingerprint density at radius 2 is 1.87 bits per heavy atom. The highest BCUT2D eigenvalue weighted by molar-refractivity contribution is 5.33. The Kier molecular flexibility index (Phi) is 2.54. The maximum absolute atomic E-state index is 11.3. The van der Waals surface area contributed by atoms with Crippen LogP contribution in [0.2, 0.25) is 0 Å². The van der Waals surface area contributed by atoms with Gasteiger partial charge in [-0.3, -0.25) is 4.79 Å². The van der Waals surface area contributed by atoms with E-state index in [9.17, 15) is 4.79 Å². The van der Waals surface area contributed by atoms with Gasteiger partial charge in [-0.05, 0) is 12.1 Å². The van der Waals surface area contributed by atoms with Gasteiger partial charge in [0.2, 0.25) is 5.43 Å². The number of hydrogen-bond donors (Lipinski definition) is 0. The Hall–Kier alpha value is -2.03. The molecule has 2 aromatic rings. The van der Waals surface area contributed by atoms with Gasteiger partial charge in [0, 0.05) is 18.0 Å². The maximum Gasteiger partial charge on any atom is 0.223 e. The van der Waals surface area contributed by atoms with E-state index in [4.69, 9.17) is 4.74 Å². The minimum atomic E-state index is -0.107. The molecule has 0 bridgehead atoms. The molecule has 76 valence electrons. The quantitative estimate of drug-likeness (QED) is 0.742. The van der Waals surface area contributed by atoms with Crippen molar-refractivity contribution in [2.45, 2.75) is 0 Å². The van der Waals surface area contributed by atoms with Crippen LogP contribution in [0.3, 0.4) is 0 Å². The predicted molar refractivity (Wildman–Crippen MR) is 58.6 cm³/mol. The van der Waals surface area contributed by atoms with Gasteiger partial charge in [-0.2, -0.15) is 0 Å². The molecular weight excluding hydrogens is 190 g/mol. The van der Waals surface area contributed by atoms with Crippen LogP contribution < -0.4 is 10.2 Å². The summed E-state index contributed by atoms with van der Waals surface area (Å²) in [6.07, 6.45) is 3.40. The highest BCUT2D eigenvalue weighted by Gasteiger charge is 1.99. The second-order valence-electron chi connectivity index (χ2n) is 3.12. The molecule has 0 unspecified atom stereocenters. The maximum atomic E-state index is 11.3. The van der Waals surface area contributed by atoms with Crippen LogP contribution in [0.4, 0.5) is 0 Å². The highest BCUT2D eigenvalue weighted by atomic mass is 16.5. The van der Waals surface area contributed by atoms with Gasteiger partial charge in [-0.1, -0.05) is 18.2 Å². The Morgan fingerprint density at radius 1 is 1.13 bits per heavy atom. The number of para-hydroxylation sites is 1. The van der Waals surface area contributed by atoms with Gasteiger partial charge in [-0.25, -0.2) is 0 Å². The van der Waals surface area contributed by atoms with Crippen molar-refractivity contribution in [1.82, 2.24) is 4.57 Å². The molecule has 0 aliphatic heterocycles. The van der Waals surface area contributed by atoms with Crippen LogP contribution in [-0.2, 0) is 0 Å². The normalized spacial score (nSPS) is 9.93. The highest BCUT2D eigenvalue weighted by Crippen LogP contribution is 2.09. The number of benzene rings is 1. The van der Waals surface area contributed by atoms with Gasteiger partial charge < -0.3 is 9.30 Å². The molecule has 0 spiro atoms. The number of pyridine rings is 1. The van der Waals surface area contributed by atoms with E-state index in [1.165, 1.54) is 13.2 Å².